The first kappa shape index (κ1) is 18.9. The van der Waals surface area contributed by atoms with Gasteiger partial charge in [-0.1, -0.05) is 24.3 Å². The second kappa shape index (κ2) is 8.58. The zero-order valence-electron chi connectivity index (χ0n) is 14.5. The van der Waals surface area contributed by atoms with E-state index in [1.165, 1.54) is 12.1 Å². The monoisotopic (exact) mass is 348 g/mol. The van der Waals surface area contributed by atoms with Crippen LogP contribution in [0.5, 0.6) is 5.75 Å². The highest BCUT2D eigenvalue weighted by Gasteiger charge is 2.18. The van der Waals surface area contributed by atoms with Gasteiger partial charge in [-0.2, -0.15) is 8.78 Å². The molecule has 0 aliphatic heterocycles. The quantitative estimate of drug-likeness (QED) is 0.821. The summed E-state index contributed by atoms with van der Waals surface area (Å²) in [6.45, 7) is 1.46. The molecule has 25 heavy (non-hydrogen) atoms. The van der Waals surface area contributed by atoms with Crippen LogP contribution in [0.15, 0.2) is 48.5 Å². The molecule has 2 aromatic rings. The van der Waals surface area contributed by atoms with Gasteiger partial charge < -0.3 is 10.1 Å². The topological polar surface area (TPSA) is 41.6 Å². The van der Waals surface area contributed by atoms with Crippen molar-refractivity contribution >= 4 is 11.6 Å². The number of hydrogen-bond donors (Lipinski definition) is 1. The Morgan fingerprint density at radius 2 is 1.88 bits per heavy atom. The number of hydrogen-bond acceptors (Lipinski definition) is 3. The van der Waals surface area contributed by atoms with E-state index in [4.69, 9.17) is 0 Å². The number of carbonyl (C=O) groups is 1. The van der Waals surface area contributed by atoms with Crippen molar-refractivity contribution in [2.45, 2.75) is 33.0 Å². The molecule has 0 radical (unpaired) electrons. The summed E-state index contributed by atoms with van der Waals surface area (Å²) in [6, 6.07) is 13.7. The normalized spacial score (nSPS) is 12.3. The van der Waals surface area contributed by atoms with E-state index in [0.29, 0.717) is 6.54 Å². The van der Waals surface area contributed by atoms with E-state index in [-0.39, 0.29) is 17.7 Å². The zero-order chi connectivity index (χ0) is 18.4. The van der Waals surface area contributed by atoms with Crippen molar-refractivity contribution in [3.8, 4) is 5.75 Å². The van der Waals surface area contributed by atoms with Gasteiger partial charge in [0.15, 0.2) is 0 Å². The highest BCUT2D eigenvalue weighted by Crippen LogP contribution is 2.17. The van der Waals surface area contributed by atoms with E-state index >= 15 is 0 Å². The van der Waals surface area contributed by atoms with Gasteiger partial charge in [-0.25, -0.2) is 0 Å². The van der Waals surface area contributed by atoms with Crippen LogP contribution in [-0.4, -0.2) is 30.5 Å². The van der Waals surface area contributed by atoms with Gasteiger partial charge in [0.05, 0.1) is 6.04 Å². The lowest BCUT2D eigenvalue weighted by molar-refractivity contribution is -0.120. The van der Waals surface area contributed by atoms with E-state index in [1.54, 1.807) is 12.1 Å². The zero-order valence-corrected chi connectivity index (χ0v) is 14.5. The summed E-state index contributed by atoms with van der Waals surface area (Å²) in [5, 5.41) is 2.90. The molecule has 1 N–H and O–H groups in total. The predicted molar refractivity (Wildman–Crippen MR) is 93.8 cm³/mol. The Bertz CT molecular complexity index is 705. The molecule has 0 saturated carbocycles. The number of anilines is 1. The van der Waals surface area contributed by atoms with Crippen molar-refractivity contribution in [3.63, 3.8) is 0 Å². The first-order chi connectivity index (χ1) is 11.8. The van der Waals surface area contributed by atoms with E-state index < -0.39 is 6.61 Å². The van der Waals surface area contributed by atoms with Crippen LogP contribution < -0.4 is 10.1 Å². The van der Waals surface area contributed by atoms with Crippen LogP contribution in [-0.2, 0) is 11.3 Å². The fraction of sp³-hybridized carbons (Fsp3) is 0.316. The number of nitrogens with zero attached hydrogens (tertiary/aromatic N) is 1. The number of carbonyl (C=O) groups excluding carboxylic acids is 1. The molecule has 1 unspecified atom stereocenters. The fourth-order valence-corrected chi connectivity index (χ4v) is 2.37. The maximum Gasteiger partial charge on any atom is 0.387 e. The van der Waals surface area contributed by atoms with Crippen LogP contribution in [0.25, 0.3) is 0 Å². The van der Waals surface area contributed by atoms with Crippen molar-refractivity contribution in [3.05, 3.63) is 59.7 Å². The third kappa shape index (κ3) is 5.83. The summed E-state index contributed by atoms with van der Waals surface area (Å²) in [5.41, 5.74) is 2.74. The van der Waals surface area contributed by atoms with Gasteiger partial charge in [0.25, 0.3) is 0 Å². The highest BCUT2D eigenvalue weighted by atomic mass is 19.3. The Morgan fingerprint density at radius 3 is 2.48 bits per heavy atom. The van der Waals surface area contributed by atoms with E-state index in [0.717, 1.165) is 16.8 Å². The number of likely N-dealkylation sites (N-methyl/N-ethyl adjacent to an activating group) is 1. The molecule has 134 valence electrons. The Labute approximate surface area is 146 Å². The number of ether oxygens (including phenoxy) is 1. The summed E-state index contributed by atoms with van der Waals surface area (Å²) in [7, 11) is 1.84. The number of alkyl halides is 2. The standard InChI is InChI=1S/C19H22F2N2O2/c1-13-5-4-6-16(11-13)22-18(24)14(2)23(3)12-15-7-9-17(10-8-15)25-19(20)21/h4-11,14,19H,12H2,1-3H3,(H,22,24). The predicted octanol–water partition coefficient (Wildman–Crippen LogP) is 4.06. The second-order valence-electron chi connectivity index (χ2n) is 5.97. The minimum Gasteiger partial charge on any atom is -0.435 e. The number of halogens is 2. The molecule has 1 amide bonds. The Balaban J connectivity index is 1.92. The molecular weight excluding hydrogens is 326 g/mol. The number of rotatable bonds is 7. The lowest BCUT2D eigenvalue weighted by Gasteiger charge is -2.24. The van der Waals surface area contributed by atoms with Crippen LogP contribution in [0.1, 0.15) is 18.1 Å². The molecule has 0 aliphatic rings. The van der Waals surface area contributed by atoms with Crippen molar-refractivity contribution in [1.82, 2.24) is 4.90 Å². The fourth-order valence-electron chi connectivity index (χ4n) is 2.37. The van der Waals surface area contributed by atoms with Gasteiger partial charge in [0.2, 0.25) is 5.91 Å². The van der Waals surface area contributed by atoms with Gasteiger partial charge in [0.1, 0.15) is 5.75 Å². The van der Waals surface area contributed by atoms with Gasteiger partial charge in [-0.3, -0.25) is 9.69 Å². The van der Waals surface area contributed by atoms with Crippen molar-refractivity contribution < 1.29 is 18.3 Å². The third-order valence-corrected chi connectivity index (χ3v) is 3.91. The molecule has 4 nitrogen and oxygen atoms in total. The van der Waals surface area contributed by atoms with Crippen molar-refractivity contribution in [1.29, 1.82) is 0 Å². The molecule has 0 aliphatic carbocycles. The number of aryl methyl sites for hydroxylation is 1. The molecule has 0 aromatic heterocycles. The van der Waals surface area contributed by atoms with Crippen molar-refractivity contribution in [2.24, 2.45) is 0 Å². The minimum atomic E-state index is -2.83. The van der Waals surface area contributed by atoms with Gasteiger partial charge in [-0.05, 0) is 56.3 Å². The maximum atomic E-state index is 12.4. The van der Waals surface area contributed by atoms with Crippen LogP contribution >= 0.6 is 0 Å². The van der Waals surface area contributed by atoms with Gasteiger partial charge in [-0.15, -0.1) is 0 Å². The van der Waals surface area contributed by atoms with E-state index in [9.17, 15) is 13.6 Å². The molecule has 0 fully saturated rings. The first-order valence-electron chi connectivity index (χ1n) is 7.96. The van der Waals surface area contributed by atoms with Gasteiger partial charge in [0, 0.05) is 12.2 Å². The molecular formula is C19H22F2N2O2. The molecule has 0 spiro atoms. The number of amides is 1. The Kier molecular flexibility index (Phi) is 6.47. The lowest BCUT2D eigenvalue weighted by atomic mass is 10.1. The van der Waals surface area contributed by atoms with Crippen molar-refractivity contribution in [2.75, 3.05) is 12.4 Å². The second-order valence-corrected chi connectivity index (χ2v) is 5.97. The molecule has 2 aromatic carbocycles. The minimum absolute atomic E-state index is 0.106. The molecule has 1 atom stereocenters. The molecule has 2 rings (SSSR count). The van der Waals surface area contributed by atoms with Crippen LogP contribution in [0.3, 0.4) is 0 Å². The van der Waals surface area contributed by atoms with E-state index in [1.807, 2.05) is 50.1 Å². The summed E-state index contributed by atoms with van der Waals surface area (Å²) in [4.78, 5) is 14.3. The van der Waals surface area contributed by atoms with E-state index in [2.05, 4.69) is 10.1 Å². The summed E-state index contributed by atoms with van der Waals surface area (Å²) in [6.07, 6.45) is 0. The maximum absolute atomic E-state index is 12.4. The third-order valence-electron chi connectivity index (χ3n) is 3.91. The Hall–Kier alpha value is -2.47. The largest absolute Gasteiger partial charge is 0.435 e. The molecule has 6 heteroatoms. The smallest absolute Gasteiger partial charge is 0.387 e. The molecule has 0 bridgehead atoms. The molecule has 0 saturated heterocycles. The summed E-state index contributed by atoms with van der Waals surface area (Å²) < 4.78 is 28.6. The number of nitrogens with one attached hydrogen (secondary N) is 1. The van der Waals surface area contributed by atoms with Crippen LogP contribution in [0.2, 0.25) is 0 Å². The summed E-state index contributed by atoms with van der Waals surface area (Å²) in [5.74, 6) is 0.0115. The molecule has 0 heterocycles. The van der Waals surface area contributed by atoms with Crippen LogP contribution in [0, 0.1) is 6.92 Å². The average Bonchev–Trinajstić information content (AvgIpc) is 2.55. The highest BCUT2D eigenvalue weighted by molar-refractivity contribution is 5.94. The average molecular weight is 348 g/mol. The first-order valence-corrected chi connectivity index (χ1v) is 7.96. The Morgan fingerprint density at radius 1 is 1.20 bits per heavy atom. The number of benzene rings is 2. The van der Waals surface area contributed by atoms with Crippen LogP contribution in [0.4, 0.5) is 14.5 Å². The van der Waals surface area contributed by atoms with Gasteiger partial charge >= 0.3 is 6.61 Å². The lowest BCUT2D eigenvalue weighted by Crippen LogP contribution is -2.39. The summed E-state index contributed by atoms with van der Waals surface area (Å²) >= 11 is 0. The SMILES string of the molecule is Cc1cccc(NC(=O)C(C)N(C)Cc2ccc(OC(F)F)cc2)c1.